The molecule has 0 fully saturated rings. The molecule has 0 atom stereocenters. The summed E-state index contributed by atoms with van der Waals surface area (Å²) in [5.41, 5.74) is -1.33. The minimum atomic E-state index is -3.77. The summed E-state index contributed by atoms with van der Waals surface area (Å²) in [7, 11) is -2.58. The van der Waals surface area contributed by atoms with Crippen LogP contribution in [0.2, 0.25) is 0 Å². The molecule has 2 N–H and O–H groups in total. The van der Waals surface area contributed by atoms with Crippen molar-refractivity contribution >= 4 is 16.0 Å². The van der Waals surface area contributed by atoms with Crippen LogP contribution in [-0.2, 0) is 19.6 Å². The van der Waals surface area contributed by atoms with Crippen LogP contribution in [0.5, 0.6) is 0 Å². The van der Waals surface area contributed by atoms with Gasteiger partial charge in [0.15, 0.2) is 0 Å². The Morgan fingerprint density at radius 1 is 1.56 bits per heavy atom. The number of esters is 1. The van der Waals surface area contributed by atoms with Crippen LogP contribution in [-0.4, -0.2) is 37.2 Å². The predicted molar refractivity (Wildman–Crippen MR) is 55.0 cm³/mol. The van der Waals surface area contributed by atoms with E-state index in [0.29, 0.717) is 0 Å². The topological polar surface area (TPSA) is 101 Å². The SMILES string of the molecule is COC(=O)C(C)(C)NS(=O)(=O)c1cn[nH]c1. The lowest BCUT2D eigenvalue weighted by molar-refractivity contribution is -0.146. The number of aromatic amines is 1. The lowest BCUT2D eigenvalue weighted by Gasteiger charge is -2.22. The molecule has 90 valence electrons. The van der Waals surface area contributed by atoms with Crippen molar-refractivity contribution in [2.75, 3.05) is 7.11 Å². The minimum Gasteiger partial charge on any atom is -0.468 e. The van der Waals surface area contributed by atoms with Gasteiger partial charge in [0, 0.05) is 6.20 Å². The highest BCUT2D eigenvalue weighted by Gasteiger charge is 2.34. The molecule has 0 amide bonds. The first-order valence-electron chi connectivity index (χ1n) is 4.41. The summed E-state index contributed by atoms with van der Waals surface area (Å²) in [4.78, 5) is 11.3. The van der Waals surface area contributed by atoms with Crippen LogP contribution >= 0.6 is 0 Å². The van der Waals surface area contributed by atoms with Crippen molar-refractivity contribution in [1.82, 2.24) is 14.9 Å². The van der Waals surface area contributed by atoms with Gasteiger partial charge in [-0.15, -0.1) is 0 Å². The zero-order chi connectivity index (χ0) is 12.4. The fraction of sp³-hybridized carbons (Fsp3) is 0.500. The highest BCUT2D eigenvalue weighted by atomic mass is 32.2. The second-order valence-corrected chi connectivity index (χ2v) is 5.34. The lowest BCUT2D eigenvalue weighted by Crippen LogP contribution is -2.50. The van der Waals surface area contributed by atoms with Crippen molar-refractivity contribution in [3.8, 4) is 0 Å². The van der Waals surface area contributed by atoms with Crippen LogP contribution in [0.25, 0.3) is 0 Å². The van der Waals surface area contributed by atoms with Gasteiger partial charge in [0.25, 0.3) is 0 Å². The van der Waals surface area contributed by atoms with Gasteiger partial charge in [0.2, 0.25) is 10.0 Å². The molecule has 0 aromatic carbocycles. The normalized spacial score (nSPS) is 12.4. The van der Waals surface area contributed by atoms with E-state index in [1.165, 1.54) is 27.2 Å². The quantitative estimate of drug-likeness (QED) is 0.707. The van der Waals surface area contributed by atoms with E-state index in [0.717, 1.165) is 6.20 Å². The van der Waals surface area contributed by atoms with Crippen molar-refractivity contribution in [3.63, 3.8) is 0 Å². The summed E-state index contributed by atoms with van der Waals surface area (Å²) in [5, 5.41) is 5.90. The van der Waals surface area contributed by atoms with Crippen LogP contribution in [0.4, 0.5) is 0 Å². The van der Waals surface area contributed by atoms with Crippen LogP contribution < -0.4 is 4.72 Å². The monoisotopic (exact) mass is 247 g/mol. The number of methoxy groups -OCH3 is 1. The van der Waals surface area contributed by atoms with Gasteiger partial charge in [-0.3, -0.25) is 9.89 Å². The second kappa shape index (κ2) is 4.22. The largest absolute Gasteiger partial charge is 0.468 e. The summed E-state index contributed by atoms with van der Waals surface area (Å²) in [6.45, 7) is 2.83. The molecule has 1 rings (SSSR count). The maximum atomic E-state index is 11.8. The Kier molecular flexibility index (Phi) is 3.34. The summed E-state index contributed by atoms with van der Waals surface area (Å²) in [5.74, 6) is -0.667. The minimum absolute atomic E-state index is 0.0375. The van der Waals surface area contributed by atoms with Gasteiger partial charge < -0.3 is 4.74 Å². The summed E-state index contributed by atoms with van der Waals surface area (Å²) in [6, 6.07) is 0. The van der Waals surface area contributed by atoms with Gasteiger partial charge in [0.05, 0.1) is 13.3 Å². The number of H-pyrrole nitrogens is 1. The van der Waals surface area contributed by atoms with Gasteiger partial charge in [-0.05, 0) is 13.8 Å². The Balaban J connectivity index is 2.94. The maximum absolute atomic E-state index is 11.8. The third-order valence-corrected chi connectivity index (χ3v) is 3.49. The van der Waals surface area contributed by atoms with Gasteiger partial charge in [0.1, 0.15) is 10.4 Å². The maximum Gasteiger partial charge on any atom is 0.326 e. The van der Waals surface area contributed by atoms with Gasteiger partial charge in [-0.2, -0.15) is 9.82 Å². The average molecular weight is 247 g/mol. The summed E-state index contributed by atoms with van der Waals surface area (Å²) < 4.78 is 30.2. The first-order chi connectivity index (χ1) is 7.29. The fourth-order valence-corrected chi connectivity index (χ4v) is 2.35. The molecule has 1 aromatic heterocycles. The first-order valence-corrected chi connectivity index (χ1v) is 5.89. The Morgan fingerprint density at radius 2 is 2.19 bits per heavy atom. The third-order valence-electron chi connectivity index (χ3n) is 1.87. The van der Waals surface area contributed by atoms with E-state index in [1.54, 1.807) is 0 Å². The standard InChI is InChI=1S/C8H13N3O4S/c1-8(2,7(12)15-3)11-16(13,14)6-4-9-10-5-6/h4-5,11H,1-3H3,(H,9,10). The molecule has 0 aliphatic rings. The number of sulfonamides is 1. The highest BCUT2D eigenvalue weighted by molar-refractivity contribution is 7.89. The molecule has 0 bridgehead atoms. The van der Waals surface area contributed by atoms with Gasteiger partial charge in [-0.1, -0.05) is 0 Å². The molecule has 1 aromatic rings. The molecular weight excluding hydrogens is 234 g/mol. The van der Waals surface area contributed by atoms with Crippen LogP contribution in [0.15, 0.2) is 17.3 Å². The van der Waals surface area contributed by atoms with Crippen molar-refractivity contribution < 1.29 is 17.9 Å². The smallest absolute Gasteiger partial charge is 0.326 e. The number of carbonyl (C=O) groups excluding carboxylic acids is 1. The molecule has 0 saturated carbocycles. The van der Waals surface area contributed by atoms with Crippen LogP contribution in [0.3, 0.4) is 0 Å². The van der Waals surface area contributed by atoms with Gasteiger partial charge >= 0.3 is 5.97 Å². The number of aromatic nitrogens is 2. The summed E-state index contributed by atoms with van der Waals surface area (Å²) in [6.07, 6.45) is 2.37. The molecule has 7 nitrogen and oxygen atoms in total. The van der Waals surface area contributed by atoms with Gasteiger partial charge in [-0.25, -0.2) is 8.42 Å². The molecule has 8 heteroatoms. The Labute approximate surface area is 93.2 Å². The number of nitrogens with one attached hydrogen (secondary N) is 2. The molecule has 0 unspecified atom stereocenters. The van der Waals surface area contributed by atoms with Crippen molar-refractivity contribution in [2.24, 2.45) is 0 Å². The molecule has 1 heterocycles. The van der Waals surface area contributed by atoms with E-state index < -0.39 is 21.5 Å². The Bertz CT molecular complexity index is 463. The number of hydrogen-bond acceptors (Lipinski definition) is 5. The van der Waals surface area contributed by atoms with Crippen molar-refractivity contribution in [2.45, 2.75) is 24.3 Å². The number of rotatable bonds is 4. The summed E-state index contributed by atoms with van der Waals surface area (Å²) >= 11 is 0. The molecule has 0 aliphatic carbocycles. The number of carbonyl (C=O) groups is 1. The van der Waals surface area contributed by atoms with E-state index in [9.17, 15) is 13.2 Å². The van der Waals surface area contributed by atoms with Crippen molar-refractivity contribution in [1.29, 1.82) is 0 Å². The fourth-order valence-electron chi connectivity index (χ4n) is 1.08. The molecule has 0 radical (unpaired) electrons. The van der Waals surface area contributed by atoms with E-state index >= 15 is 0 Å². The first kappa shape index (κ1) is 12.7. The third kappa shape index (κ3) is 2.58. The average Bonchev–Trinajstić information content (AvgIpc) is 2.68. The Hall–Kier alpha value is -1.41. The van der Waals surface area contributed by atoms with Crippen LogP contribution in [0, 0.1) is 0 Å². The molecule has 0 spiro atoms. The van der Waals surface area contributed by atoms with E-state index in [4.69, 9.17) is 0 Å². The van der Waals surface area contributed by atoms with Crippen LogP contribution in [0.1, 0.15) is 13.8 Å². The molecule has 16 heavy (non-hydrogen) atoms. The second-order valence-electron chi connectivity index (χ2n) is 3.66. The molecule has 0 aliphatic heterocycles. The molecular formula is C8H13N3O4S. The lowest BCUT2D eigenvalue weighted by atomic mass is 10.1. The van der Waals surface area contributed by atoms with E-state index in [-0.39, 0.29) is 4.90 Å². The van der Waals surface area contributed by atoms with Crippen molar-refractivity contribution in [3.05, 3.63) is 12.4 Å². The zero-order valence-electron chi connectivity index (χ0n) is 9.14. The number of ether oxygens (including phenoxy) is 1. The Morgan fingerprint density at radius 3 is 2.62 bits per heavy atom. The highest BCUT2D eigenvalue weighted by Crippen LogP contribution is 2.12. The predicted octanol–water partition coefficient (Wildman–Crippen LogP) is -0.360. The van der Waals surface area contributed by atoms with E-state index in [1.807, 2.05) is 0 Å². The number of hydrogen-bond donors (Lipinski definition) is 2. The van der Waals surface area contributed by atoms with E-state index in [2.05, 4.69) is 19.7 Å². The number of nitrogens with zero attached hydrogens (tertiary/aromatic N) is 1. The molecule has 0 saturated heterocycles. The zero-order valence-corrected chi connectivity index (χ0v) is 9.96.